The molecule has 4 aromatic rings. The monoisotopic (exact) mass is 508 g/mol. The summed E-state index contributed by atoms with van der Waals surface area (Å²) in [4.78, 5) is 32.0. The summed E-state index contributed by atoms with van der Waals surface area (Å²) in [6.45, 7) is 0. The van der Waals surface area contributed by atoms with Gasteiger partial charge < -0.3 is 5.11 Å². The van der Waals surface area contributed by atoms with E-state index in [0.29, 0.717) is 21.3 Å². The van der Waals surface area contributed by atoms with Crippen LogP contribution < -0.4 is 4.90 Å². The van der Waals surface area contributed by atoms with Crippen molar-refractivity contribution in [1.82, 2.24) is 4.98 Å². The third-order valence-corrected chi connectivity index (χ3v) is 6.77. The number of halogens is 2. The number of fused-ring (bicyclic) bond motifs is 1. The van der Waals surface area contributed by atoms with Crippen LogP contribution in [-0.4, -0.2) is 21.8 Å². The molecule has 1 atom stereocenters. The van der Waals surface area contributed by atoms with Gasteiger partial charge in [0.25, 0.3) is 5.78 Å². The zero-order valence-corrected chi connectivity index (χ0v) is 18.7. The van der Waals surface area contributed by atoms with Crippen LogP contribution in [0.15, 0.2) is 82.8 Å². The maximum atomic E-state index is 13.7. The lowest BCUT2D eigenvalue weighted by Crippen LogP contribution is -2.29. The zero-order valence-electron chi connectivity index (χ0n) is 16.3. The maximum Gasteiger partial charge on any atom is 0.301 e. The van der Waals surface area contributed by atoms with Crippen LogP contribution in [0.1, 0.15) is 17.2 Å². The highest BCUT2D eigenvalue weighted by atomic mass is 79.9. The Labute approximate surface area is 194 Å². The number of aliphatic hydroxyl groups is 1. The molecule has 0 bridgehead atoms. The van der Waals surface area contributed by atoms with Crippen molar-refractivity contribution in [2.45, 2.75) is 6.04 Å². The van der Waals surface area contributed by atoms with Crippen LogP contribution in [0.3, 0.4) is 0 Å². The molecule has 2 heterocycles. The summed E-state index contributed by atoms with van der Waals surface area (Å²) in [5.41, 5.74) is 1.56. The number of benzene rings is 3. The Morgan fingerprint density at radius 3 is 2.47 bits per heavy atom. The lowest BCUT2D eigenvalue weighted by molar-refractivity contribution is -0.132. The molecule has 1 aliphatic rings. The van der Waals surface area contributed by atoms with Gasteiger partial charge in [0.05, 0.1) is 21.8 Å². The molecule has 1 fully saturated rings. The minimum Gasteiger partial charge on any atom is -0.507 e. The molecule has 8 heteroatoms. The molecule has 3 aromatic carbocycles. The van der Waals surface area contributed by atoms with Crippen LogP contribution in [0, 0.1) is 5.82 Å². The van der Waals surface area contributed by atoms with Crippen molar-refractivity contribution in [3.63, 3.8) is 0 Å². The van der Waals surface area contributed by atoms with E-state index in [1.807, 2.05) is 0 Å². The van der Waals surface area contributed by atoms with E-state index in [9.17, 15) is 19.1 Å². The number of nitrogens with zero attached hydrogens (tertiary/aromatic N) is 2. The van der Waals surface area contributed by atoms with Crippen molar-refractivity contribution in [3.8, 4) is 0 Å². The normalized spacial score (nSPS) is 17.9. The fourth-order valence-corrected chi connectivity index (χ4v) is 5.01. The Morgan fingerprint density at radius 1 is 1.03 bits per heavy atom. The number of carbonyl (C=O) groups is 2. The Morgan fingerprint density at radius 2 is 1.75 bits per heavy atom. The predicted octanol–water partition coefficient (Wildman–Crippen LogP) is 5.82. The average Bonchev–Trinajstić information content (AvgIpc) is 3.32. The molecule has 0 radical (unpaired) electrons. The minimum atomic E-state index is -0.881. The van der Waals surface area contributed by atoms with Crippen molar-refractivity contribution in [1.29, 1.82) is 0 Å². The fraction of sp³-hybridized carbons (Fsp3) is 0.0417. The summed E-state index contributed by atoms with van der Waals surface area (Å²) in [5.74, 6) is -2.27. The first-order valence-electron chi connectivity index (χ1n) is 9.62. The number of ketones is 1. The van der Waals surface area contributed by atoms with Gasteiger partial charge in [0.1, 0.15) is 11.6 Å². The second kappa shape index (κ2) is 7.96. The largest absolute Gasteiger partial charge is 0.507 e. The van der Waals surface area contributed by atoms with Gasteiger partial charge in [-0.1, -0.05) is 69.7 Å². The first kappa shape index (κ1) is 20.5. The van der Waals surface area contributed by atoms with Crippen molar-refractivity contribution < 1.29 is 19.1 Å². The zero-order chi connectivity index (χ0) is 22.4. The lowest BCUT2D eigenvalue weighted by atomic mass is 9.95. The highest BCUT2D eigenvalue weighted by Gasteiger charge is 2.48. The number of hydrogen-bond donors (Lipinski definition) is 1. The molecule has 0 saturated carbocycles. The van der Waals surface area contributed by atoms with E-state index < -0.39 is 23.5 Å². The molecule has 1 aromatic heterocycles. The summed E-state index contributed by atoms with van der Waals surface area (Å²) < 4.78 is 15.1. The highest BCUT2D eigenvalue weighted by molar-refractivity contribution is 9.10. The molecule has 0 aliphatic carbocycles. The van der Waals surface area contributed by atoms with E-state index >= 15 is 0 Å². The average molecular weight is 509 g/mol. The van der Waals surface area contributed by atoms with Crippen LogP contribution in [0.25, 0.3) is 16.0 Å². The molecule has 5 rings (SSSR count). The standard InChI is InChI=1S/C24H14BrFN2O3S/c25-15-8-6-13(7-9-15)20-19(21(29)14-4-2-1-3-5-14)22(30)23(31)28(20)24-27-17-11-10-16(26)12-18(17)32-24/h1-12,20,29H/b21-19+/t20-/m1/s1. The molecule has 32 heavy (non-hydrogen) atoms. The van der Waals surface area contributed by atoms with Gasteiger partial charge >= 0.3 is 5.91 Å². The number of anilines is 1. The van der Waals surface area contributed by atoms with Gasteiger partial charge in [-0.25, -0.2) is 9.37 Å². The van der Waals surface area contributed by atoms with Gasteiger partial charge in [0.15, 0.2) is 5.13 Å². The van der Waals surface area contributed by atoms with Gasteiger partial charge in [-0.15, -0.1) is 0 Å². The minimum absolute atomic E-state index is 0.0195. The third kappa shape index (κ3) is 3.41. The number of aromatic nitrogens is 1. The predicted molar refractivity (Wildman–Crippen MR) is 125 cm³/mol. The Hall–Kier alpha value is -3.36. The third-order valence-electron chi connectivity index (χ3n) is 5.22. The first-order chi connectivity index (χ1) is 15.4. The number of hydrogen-bond acceptors (Lipinski definition) is 5. The molecule has 1 N–H and O–H groups in total. The van der Waals surface area contributed by atoms with E-state index in [-0.39, 0.29) is 16.5 Å². The number of rotatable bonds is 3. The second-order valence-corrected chi connectivity index (χ2v) is 9.12. The van der Waals surface area contributed by atoms with E-state index in [4.69, 9.17) is 0 Å². The summed E-state index contributed by atoms with van der Waals surface area (Å²) in [6.07, 6.45) is 0. The summed E-state index contributed by atoms with van der Waals surface area (Å²) >= 11 is 4.51. The number of carbonyl (C=O) groups excluding carboxylic acids is 2. The highest BCUT2D eigenvalue weighted by Crippen LogP contribution is 2.44. The van der Waals surface area contributed by atoms with Crippen molar-refractivity contribution >= 4 is 60.1 Å². The summed E-state index contributed by atoms with van der Waals surface area (Å²) in [7, 11) is 0. The second-order valence-electron chi connectivity index (χ2n) is 7.20. The van der Waals surface area contributed by atoms with Crippen LogP contribution in [0.4, 0.5) is 9.52 Å². The molecular formula is C24H14BrFN2O3S. The number of thiazole rings is 1. The topological polar surface area (TPSA) is 70.5 Å². The quantitative estimate of drug-likeness (QED) is 0.215. The van der Waals surface area contributed by atoms with Gasteiger partial charge in [-0.05, 0) is 35.9 Å². The van der Waals surface area contributed by atoms with E-state index in [1.165, 1.54) is 23.1 Å². The van der Waals surface area contributed by atoms with Gasteiger partial charge in [0, 0.05) is 10.0 Å². The molecule has 5 nitrogen and oxygen atoms in total. The molecule has 1 aliphatic heterocycles. The molecule has 0 unspecified atom stereocenters. The SMILES string of the molecule is O=C1C(=O)N(c2nc3ccc(F)cc3s2)[C@H](c2ccc(Br)cc2)/C1=C(\O)c1ccccc1. The lowest BCUT2D eigenvalue weighted by Gasteiger charge is -2.23. The number of Topliss-reactive ketones (excluding diaryl/α,β-unsaturated/α-hetero) is 1. The van der Waals surface area contributed by atoms with Crippen LogP contribution in [0.2, 0.25) is 0 Å². The molecule has 0 spiro atoms. The van der Waals surface area contributed by atoms with Gasteiger partial charge in [-0.3, -0.25) is 14.5 Å². The Bertz CT molecular complexity index is 1400. The first-order valence-corrected chi connectivity index (χ1v) is 11.2. The van der Waals surface area contributed by atoms with Crippen LogP contribution in [0.5, 0.6) is 0 Å². The molecular weight excluding hydrogens is 495 g/mol. The van der Waals surface area contributed by atoms with Crippen molar-refractivity contribution in [3.05, 3.63) is 99.8 Å². The Kier molecular flexibility index (Phi) is 5.11. The number of aliphatic hydroxyl groups excluding tert-OH is 1. The maximum absolute atomic E-state index is 13.7. The molecule has 1 amide bonds. The van der Waals surface area contributed by atoms with E-state index in [0.717, 1.165) is 15.8 Å². The van der Waals surface area contributed by atoms with Crippen LogP contribution >= 0.6 is 27.3 Å². The van der Waals surface area contributed by atoms with E-state index in [2.05, 4.69) is 20.9 Å². The van der Waals surface area contributed by atoms with Crippen molar-refractivity contribution in [2.75, 3.05) is 4.90 Å². The Balaban J connectivity index is 1.73. The van der Waals surface area contributed by atoms with Crippen molar-refractivity contribution in [2.24, 2.45) is 0 Å². The van der Waals surface area contributed by atoms with Crippen LogP contribution in [-0.2, 0) is 9.59 Å². The molecule has 1 saturated heterocycles. The van der Waals surface area contributed by atoms with Gasteiger partial charge in [0.2, 0.25) is 0 Å². The molecule has 158 valence electrons. The summed E-state index contributed by atoms with van der Waals surface area (Å²) in [5, 5.41) is 11.3. The number of amides is 1. The van der Waals surface area contributed by atoms with Gasteiger partial charge in [-0.2, -0.15) is 0 Å². The fourth-order valence-electron chi connectivity index (χ4n) is 3.73. The smallest absolute Gasteiger partial charge is 0.301 e. The van der Waals surface area contributed by atoms with E-state index in [1.54, 1.807) is 54.6 Å². The summed E-state index contributed by atoms with van der Waals surface area (Å²) in [6, 6.07) is 19.0.